The van der Waals surface area contributed by atoms with E-state index in [1.54, 1.807) is 0 Å². The average Bonchev–Trinajstić information content (AvgIpc) is 2.26. The van der Waals surface area contributed by atoms with Crippen molar-refractivity contribution in [3.8, 4) is 0 Å². The van der Waals surface area contributed by atoms with Gasteiger partial charge >= 0.3 is 0 Å². The molecule has 100 valence electrons. The zero-order chi connectivity index (χ0) is 12.9. The molecule has 1 atom stereocenters. The van der Waals surface area contributed by atoms with E-state index in [-0.39, 0.29) is 5.91 Å². The van der Waals surface area contributed by atoms with E-state index in [1.165, 1.54) is 0 Å². The van der Waals surface area contributed by atoms with Crippen molar-refractivity contribution in [2.75, 3.05) is 39.4 Å². The summed E-state index contributed by atoms with van der Waals surface area (Å²) >= 11 is 0. The Balaban J connectivity index is 2.20. The van der Waals surface area contributed by atoms with Crippen LogP contribution in [0.4, 0.5) is 0 Å². The highest BCUT2D eigenvalue weighted by Gasteiger charge is 2.22. The number of ether oxygens (including phenoxy) is 1. The lowest BCUT2D eigenvalue weighted by Gasteiger charge is -2.29. The number of rotatable bonds is 4. The number of carbonyl (C=O) groups is 1. The van der Waals surface area contributed by atoms with Gasteiger partial charge in [0.2, 0.25) is 5.91 Å². The minimum absolute atomic E-state index is 0.0291. The average molecular weight is 244 g/mol. The number of hydrogen-bond donors (Lipinski definition) is 2. The van der Waals surface area contributed by atoms with Gasteiger partial charge in [-0.15, -0.1) is 0 Å². The fourth-order valence-electron chi connectivity index (χ4n) is 1.62. The van der Waals surface area contributed by atoms with Gasteiger partial charge in [0.1, 0.15) is 0 Å². The molecule has 0 aromatic carbocycles. The molecule has 0 aliphatic carbocycles. The highest BCUT2D eigenvalue weighted by Crippen LogP contribution is 2.12. The van der Waals surface area contributed by atoms with E-state index >= 15 is 0 Å². The standard InChI is InChI=1S/C12H24N2O3/c1-12(2,3)11(16)13-8-10(15)9-14-4-6-17-7-5-14/h10,15H,4-9H2,1-3H3,(H,13,16). The molecular weight excluding hydrogens is 220 g/mol. The second-order valence-electron chi connectivity index (χ2n) is 5.53. The molecule has 1 saturated heterocycles. The minimum Gasteiger partial charge on any atom is -0.390 e. The summed E-state index contributed by atoms with van der Waals surface area (Å²) in [6.07, 6.45) is -0.514. The first-order valence-electron chi connectivity index (χ1n) is 6.16. The van der Waals surface area contributed by atoms with E-state index in [0.29, 0.717) is 13.1 Å². The summed E-state index contributed by atoms with van der Waals surface area (Å²) < 4.78 is 5.23. The van der Waals surface area contributed by atoms with Gasteiger partial charge in [-0.3, -0.25) is 9.69 Å². The van der Waals surface area contributed by atoms with Crippen LogP contribution in [0.5, 0.6) is 0 Å². The number of nitrogens with one attached hydrogen (secondary N) is 1. The topological polar surface area (TPSA) is 61.8 Å². The molecule has 1 amide bonds. The van der Waals surface area contributed by atoms with Crippen molar-refractivity contribution < 1.29 is 14.6 Å². The van der Waals surface area contributed by atoms with E-state index in [0.717, 1.165) is 26.3 Å². The molecule has 0 aromatic rings. The van der Waals surface area contributed by atoms with Gasteiger partial charge in [-0.25, -0.2) is 0 Å². The first-order valence-corrected chi connectivity index (χ1v) is 6.16. The highest BCUT2D eigenvalue weighted by molar-refractivity contribution is 5.81. The molecule has 0 bridgehead atoms. The molecule has 0 radical (unpaired) electrons. The molecule has 1 fully saturated rings. The fraction of sp³-hybridized carbons (Fsp3) is 0.917. The zero-order valence-electron chi connectivity index (χ0n) is 11.0. The molecule has 5 nitrogen and oxygen atoms in total. The monoisotopic (exact) mass is 244 g/mol. The van der Waals surface area contributed by atoms with E-state index < -0.39 is 11.5 Å². The first-order chi connectivity index (χ1) is 7.89. The third-order valence-electron chi connectivity index (χ3n) is 2.75. The molecule has 0 aromatic heterocycles. The maximum atomic E-state index is 11.6. The Bertz CT molecular complexity index is 245. The third kappa shape index (κ3) is 5.48. The van der Waals surface area contributed by atoms with E-state index in [4.69, 9.17) is 4.74 Å². The van der Waals surface area contributed by atoms with E-state index in [1.807, 2.05) is 20.8 Å². The molecule has 2 N–H and O–H groups in total. The van der Waals surface area contributed by atoms with Crippen molar-refractivity contribution in [1.29, 1.82) is 0 Å². The number of hydrogen-bond acceptors (Lipinski definition) is 4. The van der Waals surface area contributed by atoms with Crippen LogP contribution in [0, 0.1) is 5.41 Å². The summed E-state index contributed by atoms with van der Waals surface area (Å²) in [5.74, 6) is -0.0291. The largest absolute Gasteiger partial charge is 0.390 e. The van der Waals surface area contributed by atoms with E-state index in [9.17, 15) is 9.90 Å². The van der Waals surface area contributed by atoms with Gasteiger partial charge in [-0.1, -0.05) is 20.8 Å². The normalized spacial score (nSPS) is 20.0. The van der Waals surface area contributed by atoms with Crippen molar-refractivity contribution in [2.45, 2.75) is 26.9 Å². The van der Waals surface area contributed by atoms with Gasteiger partial charge in [0.15, 0.2) is 0 Å². The number of carbonyl (C=O) groups excluding carboxylic acids is 1. The number of nitrogens with zero attached hydrogens (tertiary/aromatic N) is 1. The van der Waals surface area contributed by atoms with Crippen LogP contribution in [-0.2, 0) is 9.53 Å². The van der Waals surface area contributed by atoms with Crippen LogP contribution in [0.25, 0.3) is 0 Å². The summed E-state index contributed by atoms with van der Waals surface area (Å²) in [6, 6.07) is 0. The predicted octanol–water partition coefficient (Wildman–Crippen LogP) is -0.158. The lowest BCUT2D eigenvalue weighted by molar-refractivity contribution is -0.129. The van der Waals surface area contributed by atoms with Crippen LogP contribution in [0.2, 0.25) is 0 Å². The first kappa shape index (κ1) is 14.4. The zero-order valence-corrected chi connectivity index (χ0v) is 11.0. The Morgan fingerprint density at radius 1 is 1.41 bits per heavy atom. The van der Waals surface area contributed by atoms with Gasteiger partial charge in [0.25, 0.3) is 0 Å². The number of aliphatic hydroxyl groups is 1. The van der Waals surface area contributed by atoms with Gasteiger partial charge in [-0.05, 0) is 0 Å². The van der Waals surface area contributed by atoms with E-state index in [2.05, 4.69) is 10.2 Å². The molecule has 1 unspecified atom stereocenters. The summed E-state index contributed by atoms with van der Waals surface area (Å²) in [5, 5.41) is 12.6. The number of morpholine rings is 1. The quantitative estimate of drug-likeness (QED) is 0.721. The molecule has 5 heteroatoms. The van der Waals surface area contributed by atoms with Crippen molar-refractivity contribution >= 4 is 5.91 Å². The Morgan fingerprint density at radius 2 is 2.00 bits per heavy atom. The van der Waals surface area contributed by atoms with Crippen LogP contribution < -0.4 is 5.32 Å². The molecule has 0 spiro atoms. The second kappa shape index (κ2) is 6.33. The molecule has 1 aliphatic rings. The van der Waals surface area contributed by atoms with Gasteiger partial charge < -0.3 is 15.2 Å². The van der Waals surface area contributed by atoms with Gasteiger partial charge in [-0.2, -0.15) is 0 Å². The smallest absolute Gasteiger partial charge is 0.225 e. The molecular formula is C12H24N2O3. The van der Waals surface area contributed by atoms with Gasteiger partial charge in [0.05, 0.1) is 19.3 Å². The summed E-state index contributed by atoms with van der Waals surface area (Å²) in [7, 11) is 0. The van der Waals surface area contributed by atoms with Crippen LogP contribution >= 0.6 is 0 Å². The number of β-amino-alcohol motifs (C(OH)–C–C–N with tert-alkyl or cyclic N) is 1. The molecule has 0 saturated carbocycles. The second-order valence-corrected chi connectivity index (χ2v) is 5.53. The number of amides is 1. The molecule has 1 aliphatic heterocycles. The van der Waals surface area contributed by atoms with Crippen LogP contribution in [0.15, 0.2) is 0 Å². The Labute approximate surface area is 103 Å². The van der Waals surface area contributed by atoms with Gasteiger partial charge in [0, 0.05) is 31.6 Å². The number of aliphatic hydroxyl groups excluding tert-OH is 1. The summed E-state index contributed by atoms with van der Waals surface area (Å²) in [5.41, 5.74) is -0.404. The third-order valence-corrected chi connectivity index (χ3v) is 2.75. The minimum atomic E-state index is -0.514. The fourth-order valence-corrected chi connectivity index (χ4v) is 1.62. The van der Waals surface area contributed by atoms with Crippen LogP contribution in [-0.4, -0.2) is 61.4 Å². The van der Waals surface area contributed by atoms with Crippen molar-refractivity contribution in [3.05, 3.63) is 0 Å². The Morgan fingerprint density at radius 3 is 2.53 bits per heavy atom. The Kier molecular flexibility index (Phi) is 5.36. The predicted molar refractivity (Wildman–Crippen MR) is 65.7 cm³/mol. The maximum absolute atomic E-state index is 11.6. The SMILES string of the molecule is CC(C)(C)C(=O)NCC(O)CN1CCOCC1. The van der Waals surface area contributed by atoms with Crippen molar-refractivity contribution in [2.24, 2.45) is 5.41 Å². The molecule has 17 heavy (non-hydrogen) atoms. The van der Waals surface area contributed by atoms with Crippen LogP contribution in [0.1, 0.15) is 20.8 Å². The van der Waals surface area contributed by atoms with Crippen molar-refractivity contribution in [1.82, 2.24) is 10.2 Å². The Hall–Kier alpha value is -0.650. The lowest BCUT2D eigenvalue weighted by atomic mass is 9.96. The maximum Gasteiger partial charge on any atom is 0.225 e. The van der Waals surface area contributed by atoms with Crippen molar-refractivity contribution in [3.63, 3.8) is 0 Å². The molecule has 1 rings (SSSR count). The molecule has 1 heterocycles. The summed E-state index contributed by atoms with van der Waals surface area (Å²) in [6.45, 7) is 9.63. The summed E-state index contributed by atoms with van der Waals surface area (Å²) in [4.78, 5) is 13.8. The highest BCUT2D eigenvalue weighted by atomic mass is 16.5. The van der Waals surface area contributed by atoms with Crippen LogP contribution in [0.3, 0.4) is 0 Å². The lowest BCUT2D eigenvalue weighted by Crippen LogP contribution is -2.46.